The summed E-state index contributed by atoms with van der Waals surface area (Å²) in [7, 11) is 0. The summed E-state index contributed by atoms with van der Waals surface area (Å²) in [5.74, 6) is -1.52. The van der Waals surface area contributed by atoms with Gasteiger partial charge in [0.1, 0.15) is 5.82 Å². The van der Waals surface area contributed by atoms with Crippen molar-refractivity contribution in [2.24, 2.45) is 11.1 Å². The number of carbonyl (C=O) groups is 1. The third-order valence-electron chi connectivity index (χ3n) is 4.10. The molecule has 0 unspecified atom stereocenters. The van der Waals surface area contributed by atoms with Crippen LogP contribution in [-0.4, -0.2) is 45.5 Å². The lowest BCUT2D eigenvalue weighted by Crippen LogP contribution is -2.46. The van der Waals surface area contributed by atoms with Crippen molar-refractivity contribution in [3.8, 4) is 0 Å². The maximum absolute atomic E-state index is 12.9. The average Bonchev–Trinajstić information content (AvgIpc) is 2.97. The molecule has 1 aliphatic rings. The number of amides is 1. The van der Waals surface area contributed by atoms with Gasteiger partial charge in [-0.15, -0.1) is 15.3 Å². The Kier molecular flexibility index (Phi) is 4.03. The predicted octanol–water partition coefficient (Wildman–Crippen LogP) is 0.837. The minimum Gasteiger partial charge on any atom is -0.381 e. The normalized spacial score (nSPS) is 17.8. The number of nitrogens with one attached hydrogen (secondary N) is 1. The van der Waals surface area contributed by atoms with Gasteiger partial charge < -0.3 is 15.8 Å². The van der Waals surface area contributed by atoms with E-state index in [9.17, 15) is 18.0 Å². The third kappa shape index (κ3) is 2.98. The smallest absolute Gasteiger partial charge is 0.381 e. The summed E-state index contributed by atoms with van der Waals surface area (Å²) in [6.07, 6.45) is -3.78. The highest BCUT2D eigenvalue weighted by molar-refractivity contribution is 5.81. The molecule has 1 saturated heterocycles. The largest absolute Gasteiger partial charge is 0.453 e. The zero-order valence-electron chi connectivity index (χ0n) is 12.5. The lowest BCUT2D eigenvalue weighted by Gasteiger charge is -2.34. The number of fused-ring (bicyclic) bond motifs is 1. The fourth-order valence-electron chi connectivity index (χ4n) is 2.59. The second kappa shape index (κ2) is 5.89. The van der Waals surface area contributed by atoms with Crippen LogP contribution in [0.2, 0.25) is 0 Å². The van der Waals surface area contributed by atoms with Gasteiger partial charge >= 0.3 is 6.18 Å². The predicted molar refractivity (Wildman–Crippen MR) is 76.0 cm³/mol. The number of nitrogens with two attached hydrogens (primary N) is 1. The minimum absolute atomic E-state index is 0.0245. The van der Waals surface area contributed by atoms with E-state index in [1.54, 1.807) is 0 Å². The summed E-state index contributed by atoms with van der Waals surface area (Å²) in [6.45, 7) is 0.967. The first kappa shape index (κ1) is 16.4. The zero-order chi connectivity index (χ0) is 17.4. The minimum atomic E-state index is -4.67. The van der Waals surface area contributed by atoms with Crippen molar-refractivity contribution in [2.75, 3.05) is 25.1 Å². The molecule has 8 nitrogen and oxygen atoms in total. The number of primary amides is 1. The maximum Gasteiger partial charge on any atom is 0.453 e. The Balaban J connectivity index is 1.83. The van der Waals surface area contributed by atoms with E-state index < -0.39 is 23.3 Å². The van der Waals surface area contributed by atoms with Crippen LogP contribution in [0.1, 0.15) is 18.7 Å². The zero-order valence-corrected chi connectivity index (χ0v) is 12.5. The molecule has 0 atom stereocenters. The molecule has 3 rings (SSSR count). The highest BCUT2D eigenvalue weighted by atomic mass is 19.4. The Bertz CT molecular complexity index is 754. The molecule has 1 fully saturated rings. The summed E-state index contributed by atoms with van der Waals surface area (Å²) in [5.41, 5.74) is 4.66. The van der Waals surface area contributed by atoms with Crippen LogP contribution in [0.4, 0.5) is 19.0 Å². The first-order chi connectivity index (χ1) is 11.3. The number of ether oxygens (including phenoxy) is 1. The van der Waals surface area contributed by atoms with Crippen molar-refractivity contribution in [3.05, 3.63) is 18.0 Å². The molecule has 3 heterocycles. The Morgan fingerprint density at radius 1 is 1.33 bits per heavy atom. The highest BCUT2D eigenvalue weighted by Crippen LogP contribution is 2.31. The maximum atomic E-state index is 12.9. The Morgan fingerprint density at radius 2 is 2.04 bits per heavy atom. The molecule has 0 bridgehead atoms. The van der Waals surface area contributed by atoms with Gasteiger partial charge in [-0.1, -0.05) is 0 Å². The van der Waals surface area contributed by atoms with Crippen LogP contribution in [0.3, 0.4) is 0 Å². The highest BCUT2D eigenvalue weighted by Gasteiger charge is 2.39. The van der Waals surface area contributed by atoms with Gasteiger partial charge in [-0.3, -0.25) is 4.79 Å². The van der Waals surface area contributed by atoms with Crippen LogP contribution in [0.15, 0.2) is 12.1 Å². The molecular weight excluding hydrogens is 329 g/mol. The number of nitrogens with zero attached hydrogens (tertiary/aromatic N) is 4. The summed E-state index contributed by atoms with van der Waals surface area (Å²) >= 11 is 0. The number of alkyl halides is 3. The Hall–Kier alpha value is -2.43. The van der Waals surface area contributed by atoms with E-state index in [2.05, 4.69) is 20.6 Å². The van der Waals surface area contributed by atoms with Gasteiger partial charge in [-0.2, -0.15) is 17.7 Å². The molecule has 3 N–H and O–H groups in total. The van der Waals surface area contributed by atoms with E-state index in [0.29, 0.717) is 30.6 Å². The van der Waals surface area contributed by atoms with E-state index >= 15 is 0 Å². The second-order valence-corrected chi connectivity index (χ2v) is 5.62. The standard InChI is InChI=1S/C13H15F3N6O2/c14-13(15,16)11-20-19-9-2-1-8(21-22(9)11)18-7-12(10(17)23)3-5-24-6-4-12/h1-2H,3-7H2,(H2,17,23)(H,18,21). The van der Waals surface area contributed by atoms with E-state index in [1.807, 2.05) is 0 Å². The van der Waals surface area contributed by atoms with Crippen molar-refractivity contribution in [2.45, 2.75) is 19.0 Å². The molecule has 130 valence electrons. The Labute approximate surface area is 134 Å². The SMILES string of the molecule is NC(=O)C1(CNc2ccc3nnc(C(F)(F)F)n3n2)CCOCC1. The van der Waals surface area contributed by atoms with Gasteiger partial charge in [-0.05, 0) is 25.0 Å². The lowest BCUT2D eigenvalue weighted by atomic mass is 9.79. The molecule has 0 spiro atoms. The van der Waals surface area contributed by atoms with Crippen molar-refractivity contribution in [3.63, 3.8) is 0 Å². The van der Waals surface area contributed by atoms with Gasteiger partial charge in [0.15, 0.2) is 5.65 Å². The summed E-state index contributed by atoms with van der Waals surface area (Å²) < 4.78 is 44.4. The number of hydrogen-bond donors (Lipinski definition) is 2. The van der Waals surface area contributed by atoms with Crippen molar-refractivity contribution < 1.29 is 22.7 Å². The number of aromatic nitrogens is 4. The van der Waals surface area contributed by atoms with E-state index in [1.165, 1.54) is 12.1 Å². The number of halogens is 3. The summed E-state index contributed by atoms with van der Waals surface area (Å²) in [6, 6.07) is 2.83. The molecule has 1 amide bonds. The van der Waals surface area contributed by atoms with Crippen molar-refractivity contribution in [1.29, 1.82) is 0 Å². The van der Waals surface area contributed by atoms with Crippen LogP contribution in [-0.2, 0) is 15.7 Å². The van der Waals surface area contributed by atoms with Gasteiger partial charge in [0.2, 0.25) is 5.91 Å². The van der Waals surface area contributed by atoms with E-state index in [0.717, 1.165) is 0 Å². The molecule has 2 aromatic heterocycles. The first-order valence-electron chi connectivity index (χ1n) is 7.23. The molecule has 24 heavy (non-hydrogen) atoms. The molecule has 1 aliphatic heterocycles. The van der Waals surface area contributed by atoms with Crippen LogP contribution in [0, 0.1) is 5.41 Å². The first-order valence-corrected chi connectivity index (χ1v) is 7.23. The molecule has 11 heteroatoms. The number of hydrogen-bond acceptors (Lipinski definition) is 6. The molecule has 0 saturated carbocycles. The summed E-state index contributed by atoms with van der Waals surface area (Å²) in [4.78, 5) is 11.8. The molecular formula is C13H15F3N6O2. The number of rotatable bonds is 4. The quantitative estimate of drug-likeness (QED) is 0.851. The Morgan fingerprint density at radius 3 is 2.67 bits per heavy atom. The monoisotopic (exact) mass is 344 g/mol. The average molecular weight is 344 g/mol. The van der Waals surface area contributed by atoms with Crippen LogP contribution in [0.25, 0.3) is 5.65 Å². The van der Waals surface area contributed by atoms with Crippen molar-refractivity contribution >= 4 is 17.4 Å². The van der Waals surface area contributed by atoms with Crippen LogP contribution >= 0.6 is 0 Å². The fraction of sp³-hybridized carbons (Fsp3) is 0.538. The second-order valence-electron chi connectivity index (χ2n) is 5.62. The summed E-state index contributed by atoms with van der Waals surface area (Å²) in [5, 5.41) is 13.3. The van der Waals surface area contributed by atoms with Gasteiger partial charge in [-0.25, -0.2) is 0 Å². The molecule has 2 aromatic rings. The topological polar surface area (TPSA) is 107 Å². The number of anilines is 1. The number of carbonyl (C=O) groups excluding carboxylic acids is 1. The molecule has 0 radical (unpaired) electrons. The lowest BCUT2D eigenvalue weighted by molar-refractivity contribution is -0.146. The van der Waals surface area contributed by atoms with Crippen LogP contribution in [0.5, 0.6) is 0 Å². The van der Waals surface area contributed by atoms with E-state index in [4.69, 9.17) is 10.5 Å². The van der Waals surface area contributed by atoms with Gasteiger partial charge in [0, 0.05) is 19.8 Å². The van der Waals surface area contributed by atoms with Gasteiger partial charge in [0.25, 0.3) is 5.82 Å². The van der Waals surface area contributed by atoms with E-state index in [-0.39, 0.29) is 18.0 Å². The molecule has 0 aliphatic carbocycles. The fourth-order valence-corrected chi connectivity index (χ4v) is 2.59. The molecule has 0 aromatic carbocycles. The third-order valence-corrected chi connectivity index (χ3v) is 4.10. The van der Waals surface area contributed by atoms with Gasteiger partial charge in [0.05, 0.1) is 5.41 Å². The van der Waals surface area contributed by atoms with Crippen molar-refractivity contribution in [1.82, 2.24) is 19.8 Å². The van der Waals surface area contributed by atoms with Crippen LogP contribution < -0.4 is 11.1 Å².